The summed E-state index contributed by atoms with van der Waals surface area (Å²) in [4.78, 5) is 22.7. The van der Waals surface area contributed by atoms with Gasteiger partial charge in [-0.15, -0.1) is 16.4 Å². The van der Waals surface area contributed by atoms with Crippen LogP contribution in [-0.4, -0.2) is 51.8 Å². The van der Waals surface area contributed by atoms with Gasteiger partial charge in [0, 0.05) is 31.9 Å². The molecular formula is C24H22FN5OS. The molecule has 1 aliphatic rings. The Balaban J connectivity index is 1.39. The monoisotopic (exact) mass is 447 g/mol. The number of rotatable bonds is 4. The topological polar surface area (TPSA) is 54.3 Å². The van der Waals surface area contributed by atoms with Crippen molar-refractivity contribution in [3.63, 3.8) is 0 Å². The summed E-state index contributed by atoms with van der Waals surface area (Å²) in [6, 6.07) is 18.4. The number of aromatic nitrogens is 3. The number of hydrogen-bond acceptors (Lipinski definition) is 5. The molecule has 1 fully saturated rings. The van der Waals surface area contributed by atoms with Gasteiger partial charge < -0.3 is 9.80 Å². The zero-order valence-corrected chi connectivity index (χ0v) is 18.4. The summed E-state index contributed by atoms with van der Waals surface area (Å²) in [5, 5.41) is 6.42. The quantitative estimate of drug-likeness (QED) is 0.465. The van der Waals surface area contributed by atoms with Crippen molar-refractivity contribution in [2.75, 3.05) is 31.1 Å². The number of aryl methyl sites for hydroxylation is 1. The van der Waals surface area contributed by atoms with Crippen LogP contribution in [-0.2, 0) is 0 Å². The minimum Gasteiger partial charge on any atom is -0.368 e. The van der Waals surface area contributed by atoms with Crippen LogP contribution >= 0.6 is 11.3 Å². The third-order valence-corrected chi connectivity index (χ3v) is 6.39. The third-order valence-electron chi connectivity index (χ3n) is 5.53. The standard InChI is InChI=1S/C24H22FN5OS/c1-17-5-2-7-19(15-17)28-10-12-29(13-11-28)24(31)22-26-23(21-9-4-14-32-21)30(27-22)20-8-3-6-18(25)16-20/h2-9,14-16H,10-13H2,1H3. The average Bonchev–Trinajstić information content (AvgIpc) is 3.49. The van der Waals surface area contributed by atoms with Gasteiger partial charge in [0.1, 0.15) is 5.82 Å². The van der Waals surface area contributed by atoms with Crippen molar-refractivity contribution < 1.29 is 9.18 Å². The lowest BCUT2D eigenvalue weighted by Gasteiger charge is -2.35. The van der Waals surface area contributed by atoms with Gasteiger partial charge in [-0.2, -0.15) is 0 Å². The van der Waals surface area contributed by atoms with Gasteiger partial charge in [0.05, 0.1) is 10.6 Å². The van der Waals surface area contributed by atoms with Gasteiger partial charge >= 0.3 is 0 Å². The van der Waals surface area contributed by atoms with Gasteiger partial charge in [-0.05, 0) is 54.3 Å². The number of benzene rings is 2. The van der Waals surface area contributed by atoms with Crippen molar-refractivity contribution in [2.45, 2.75) is 6.92 Å². The molecule has 0 spiro atoms. The number of halogens is 1. The van der Waals surface area contributed by atoms with Crippen LogP contribution in [0, 0.1) is 12.7 Å². The van der Waals surface area contributed by atoms with Crippen molar-refractivity contribution in [2.24, 2.45) is 0 Å². The molecule has 0 bridgehead atoms. The normalized spacial score (nSPS) is 14.1. The SMILES string of the molecule is Cc1cccc(N2CCN(C(=O)c3nc(-c4cccs4)n(-c4cccc(F)c4)n3)CC2)c1. The molecule has 6 nitrogen and oxygen atoms in total. The van der Waals surface area contributed by atoms with E-state index in [-0.39, 0.29) is 17.5 Å². The predicted octanol–water partition coefficient (Wildman–Crippen LogP) is 4.41. The summed E-state index contributed by atoms with van der Waals surface area (Å²) in [5.41, 5.74) is 2.92. The largest absolute Gasteiger partial charge is 0.368 e. The zero-order chi connectivity index (χ0) is 22.1. The number of nitrogens with zero attached hydrogens (tertiary/aromatic N) is 5. The Hall–Kier alpha value is -3.52. The molecule has 1 amide bonds. The Kier molecular flexibility index (Phi) is 5.45. The molecule has 2 aromatic carbocycles. The highest BCUT2D eigenvalue weighted by molar-refractivity contribution is 7.13. The van der Waals surface area contributed by atoms with Gasteiger partial charge in [0.25, 0.3) is 5.91 Å². The first-order valence-corrected chi connectivity index (χ1v) is 11.3. The summed E-state index contributed by atoms with van der Waals surface area (Å²) in [5.74, 6) is 0.0890. The van der Waals surface area contributed by atoms with Gasteiger partial charge in [-0.1, -0.05) is 24.3 Å². The molecule has 0 saturated carbocycles. The second-order valence-corrected chi connectivity index (χ2v) is 8.69. The van der Waals surface area contributed by atoms with Crippen LogP contribution in [0.1, 0.15) is 16.2 Å². The molecule has 3 heterocycles. The average molecular weight is 448 g/mol. The molecule has 0 N–H and O–H groups in total. The van der Waals surface area contributed by atoms with Gasteiger partial charge in [-0.25, -0.2) is 14.1 Å². The summed E-state index contributed by atoms with van der Waals surface area (Å²) in [7, 11) is 0. The van der Waals surface area contributed by atoms with Crippen LogP contribution in [0.3, 0.4) is 0 Å². The smallest absolute Gasteiger partial charge is 0.293 e. The number of thiophene rings is 1. The fourth-order valence-corrected chi connectivity index (χ4v) is 4.59. The fraction of sp³-hybridized carbons (Fsp3) is 0.208. The number of carbonyl (C=O) groups is 1. The highest BCUT2D eigenvalue weighted by Crippen LogP contribution is 2.26. The Labute approximate surface area is 189 Å². The van der Waals surface area contributed by atoms with Gasteiger partial charge in [0.2, 0.25) is 5.82 Å². The van der Waals surface area contributed by atoms with E-state index in [9.17, 15) is 9.18 Å². The first-order chi connectivity index (χ1) is 15.6. The second kappa shape index (κ2) is 8.55. The Morgan fingerprint density at radius 2 is 1.75 bits per heavy atom. The van der Waals surface area contributed by atoms with Crippen LogP contribution in [0.5, 0.6) is 0 Å². The lowest BCUT2D eigenvalue weighted by atomic mass is 10.2. The van der Waals surface area contributed by atoms with E-state index in [1.807, 2.05) is 17.5 Å². The molecule has 2 aromatic heterocycles. The van der Waals surface area contributed by atoms with Crippen LogP contribution in [0.25, 0.3) is 16.4 Å². The summed E-state index contributed by atoms with van der Waals surface area (Å²) >= 11 is 1.50. The molecule has 0 atom stereocenters. The van der Waals surface area contributed by atoms with Crippen molar-refractivity contribution in [1.29, 1.82) is 0 Å². The highest BCUT2D eigenvalue weighted by atomic mass is 32.1. The number of hydrogen-bond donors (Lipinski definition) is 0. The maximum Gasteiger partial charge on any atom is 0.293 e. The van der Waals surface area contributed by atoms with Crippen molar-refractivity contribution in [3.05, 3.63) is 83.2 Å². The Morgan fingerprint density at radius 3 is 2.47 bits per heavy atom. The van der Waals surface area contributed by atoms with Crippen LogP contribution in [0.4, 0.5) is 10.1 Å². The van der Waals surface area contributed by atoms with E-state index in [4.69, 9.17) is 0 Å². The molecular weight excluding hydrogens is 425 g/mol. The van der Waals surface area contributed by atoms with E-state index in [0.717, 1.165) is 18.0 Å². The van der Waals surface area contributed by atoms with Crippen molar-refractivity contribution >= 4 is 22.9 Å². The summed E-state index contributed by atoms with van der Waals surface area (Å²) < 4.78 is 15.4. The number of amides is 1. The number of anilines is 1. The minimum absolute atomic E-state index is 0.127. The van der Waals surface area contributed by atoms with E-state index < -0.39 is 0 Å². The number of piperazine rings is 1. The summed E-state index contributed by atoms with van der Waals surface area (Å²) in [6.45, 7) is 4.76. The molecule has 162 valence electrons. The van der Waals surface area contributed by atoms with E-state index in [2.05, 4.69) is 46.2 Å². The van der Waals surface area contributed by atoms with E-state index in [1.165, 1.54) is 34.7 Å². The van der Waals surface area contributed by atoms with Gasteiger partial charge in [0.15, 0.2) is 5.82 Å². The highest BCUT2D eigenvalue weighted by Gasteiger charge is 2.27. The summed E-state index contributed by atoms with van der Waals surface area (Å²) in [6.07, 6.45) is 0. The lowest BCUT2D eigenvalue weighted by molar-refractivity contribution is 0.0734. The number of carbonyl (C=O) groups excluding carboxylic acids is 1. The maximum atomic E-state index is 13.8. The molecule has 8 heteroatoms. The molecule has 1 aliphatic heterocycles. The second-order valence-electron chi connectivity index (χ2n) is 7.75. The van der Waals surface area contributed by atoms with Crippen molar-refractivity contribution in [3.8, 4) is 16.4 Å². The molecule has 32 heavy (non-hydrogen) atoms. The maximum absolute atomic E-state index is 13.8. The van der Waals surface area contributed by atoms with E-state index in [1.54, 1.807) is 21.7 Å². The van der Waals surface area contributed by atoms with Crippen molar-refractivity contribution in [1.82, 2.24) is 19.7 Å². The molecule has 1 saturated heterocycles. The first kappa shape index (κ1) is 20.4. The molecule has 0 radical (unpaired) electrons. The molecule has 5 rings (SSSR count). The third kappa shape index (κ3) is 4.01. The predicted molar refractivity (Wildman–Crippen MR) is 124 cm³/mol. The minimum atomic E-state index is -0.365. The lowest BCUT2D eigenvalue weighted by Crippen LogP contribution is -2.49. The molecule has 4 aromatic rings. The zero-order valence-electron chi connectivity index (χ0n) is 17.6. The van der Waals surface area contributed by atoms with Crippen LogP contribution < -0.4 is 4.90 Å². The Morgan fingerprint density at radius 1 is 0.969 bits per heavy atom. The molecule has 0 unspecified atom stereocenters. The molecule has 0 aliphatic carbocycles. The fourth-order valence-electron chi connectivity index (χ4n) is 3.89. The Bertz CT molecular complexity index is 1250. The van der Waals surface area contributed by atoms with E-state index in [0.29, 0.717) is 24.6 Å². The van der Waals surface area contributed by atoms with Gasteiger partial charge in [-0.3, -0.25) is 4.79 Å². The van der Waals surface area contributed by atoms with Crippen LogP contribution in [0.2, 0.25) is 0 Å². The van der Waals surface area contributed by atoms with E-state index >= 15 is 0 Å². The first-order valence-electron chi connectivity index (χ1n) is 10.5. The van der Waals surface area contributed by atoms with Crippen LogP contribution in [0.15, 0.2) is 66.0 Å².